The Morgan fingerprint density at radius 1 is 0.931 bits per heavy atom. The summed E-state index contributed by atoms with van der Waals surface area (Å²) >= 11 is 5.30. The topological polar surface area (TPSA) is 109 Å². The lowest BCUT2D eigenvalue weighted by Gasteiger charge is -2.26. The van der Waals surface area contributed by atoms with Gasteiger partial charge < -0.3 is 9.64 Å². The second-order valence-electron chi connectivity index (χ2n) is 6.08. The first-order chi connectivity index (χ1) is 13.8. The minimum Gasteiger partial charge on any atom is -0.378 e. The van der Waals surface area contributed by atoms with E-state index in [1.54, 1.807) is 11.5 Å². The van der Waals surface area contributed by atoms with Gasteiger partial charge in [0.2, 0.25) is 11.9 Å². The van der Waals surface area contributed by atoms with Crippen molar-refractivity contribution < 1.29 is 37.6 Å². The second-order valence-corrected chi connectivity index (χ2v) is 8.72. The third kappa shape index (κ3) is 6.73. The number of ether oxygens (including phenoxy) is 1. The van der Waals surface area contributed by atoms with Crippen LogP contribution >= 0.6 is 27.5 Å². The first-order valence-corrected chi connectivity index (χ1v) is 11.4. The standard InChI is InChI=1S/C19H18BrN2OS.ClHO4/c20-16-6-8-17(9-7-16)22-14-18(15-4-2-1-3-5-15)19(24-22)21-10-12-23-13-11-21;2-1(3,4)5/h1-9,14H,10-13H2;(H,2,3,4,5)/q+1;/p-1. The molecular weight excluding hydrogens is 484 g/mol. The van der Waals surface area contributed by atoms with Crippen molar-refractivity contribution in [1.29, 1.82) is 0 Å². The number of anilines is 1. The molecule has 0 radical (unpaired) electrons. The number of rotatable bonds is 3. The third-order valence-electron chi connectivity index (χ3n) is 4.13. The summed E-state index contributed by atoms with van der Waals surface area (Å²) in [4.78, 5) is 2.44. The van der Waals surface area contributed by atoms with Crippen molar-refractivity contribution in [3.8, 4) is 16.8 Å². The average Bonchev–Trinajstić information content (AvgIpc) is 3.14. The molecule has 0 spiro atoms. The van der Waals surface area contributed by atoms with Crippen LogP contribution in [0, 0.1) is 10.2 Å². The number of benzene rings is 2. The quantitative estimate of drug-likeness (QED) is 0.449. The van der Waals surface area contributed by atoms with Gasteiger partial charge in [-0.3, -0.25) is 0 Å². The summed E-state index contributed by atoms with van der Waals surface area (Å²) in [5.74, 6) is 0. The number of morpholine rings is 1. The summed E-state index contributed by atoms with van der Waals surface area (Å²) < 4.78 is 42.8. The summed E-state index contributed by atoms with van der Waals surface area (Å²) in [5, 5.41) is 1.31. The van der Waals surface area contributed by atoms with Gasteiger partial charge in [-0.15, -0.1) is 10.2 Å². The molecule has 3 aromatic rings. The van der Waals surface area contributed by atoms with Crippen molar-refractivity contribution in [2.24, 2.45) is 0 Å². The van der Waals surface area contributed by atoms with E-state index in [-0.39, 0.29) is 0 Å². The number of hydrogen-bond donors (Lipinski definition) is 0. The van der Waals surface area contributed by atoms with Crippen LogP contribution in [0.25, 0.3) is 16.8 Å². The maximum Gasteiger partial charge on any atom is 0.225 e. The molecule has 1 saturated heterocycles. The van der Waals surface area contributed by atoms with Gasteiger partial charge in [0.1, 0.15) is 0 Å². The fourth-order valence-corrected chi connectivity index (χ4v) is 4.27. The van der Waals surface area contributed by atoms with E-state index >= 15 is 0 Å². The summed E-state index contributed by atoms with van der Waals surface area (Å²) in [5.41, 5.74) is 3.72. The predicted molar refractivity (Wildman–Crippen MR) is 102 cm³/mol. The summed E-state index contributed by atoms with van der Waals surface area (Å²) in [7, 11) is -4.94. The SMILES string of the molecule is Brc1ccc(-[n+]2cc(-c3ccccc3)c(N3CCOCC3)s2)cc1.[O-][Cl+3]([O-])([O-])[O-]. The van der Waals surface area contributed by atoms with E-state index in [1.165, 1.54) is 21.8 Å². The summed E-state index contributed by atoms with van der Waals surface area (Å²) in [6.07, 6.45) is 2.24. The number of hydrogen-bond acceptors (Lipinski definition) is 7. The molecule has 0 aliphatic carbocycles. The molecule has 29 heavy (non-hydrogen) atoms. The van der Waals surface area contributed by atoms with E-state index in [4.69, 9.17) is 23.4 Å². The van der Waals surface area contributed by atoms with Gasteiger partial charge in [-0.1, -0.05) is 50.2 Å². The van der Waals surface area contributed by atoms with Crippen LogP contribution in [0.5, 0.6) is 0 Å². The Balaban J connectivity index is 0.000000431. The van der Waals surface area contributed by atoms with Crippen molar-refractivity contribution in [3.05, 3.63) is 65.3 Å². The number of nitrogens with zero attached hydrogens (tertiary/aromatic N) is 2. The summed E-state index contributed by atoms with van der Waals surface area (Å²) in [6.45, 7) is 3.48. The smallest absolute Gasteiger partial charge is 0.225 e. The van der Waals surface area contributed by atoms with Crippen LogP contribution in [0.1, 0.15) is 0 Å². The molecule has 0 atom stereocenters. The first kappa shape index (κ1) is 22.1. The second kappa shape index (κ2) is 9.96. The van der Waals surface area contributed by atoms with Crippen molar-refractivity contribution in [3.63, 3.8) is 0 Å². The fourth-order valence-electron chi connectivity index (χ4n) is 2.87. The highest BCUT2D eigenvalue weighted by molar-refractivity contribution is 9.10. The molecule has 0 bridgehead atoms. The maximum atomic E-state index is 8.49. The molecule has 0 unspecified atom stereocenters. The van der Waals surface area contributed by atoms with Crippen LogP contribution in [0.3, 0.4) is 0 Å². The Morgan fingerprint density at radius 2 is 1.52 bits per heavy atom. The lowest BCUT2D eigenvalue weighted by molar-refractivity contribution is -2.00. The zero-order chi connectivity index (χ0) is 20.9. The van der Waals surface area contributed by atoms with Gasteiger partial charge in [0, 0.05) is 29.7 Å². The molecule has 1 aliphatic rings. The number of aromatic nitrogens is 1. The van der Waals surface area contributed by atoms with Crippen molar-refractivity contribution in [2.75, 3.05) is 31.2 Å². The Hall–Kier alpha value is -1.56. The van der Waals surface area contributed by atoms with Crippen LogP contribution in [0.15, 0.2) is 65.3 Å². The van der Waals surface area contributed by atoms with Gasteiger partial charge in [0.15, 0.2) is 16.5 Å². The molecule has 7 nitrogen and oxygen atoms in total. The molecule has 4 rings (SSSR count). The molecule has 10 heteroatoms. The molecule has 2 heterocycles. The molecule has 1 aromatic heterocycles. The Kier molecular flexibility index (Phi) is 7.60. The lowest BCUT2D eigenvalue weighted by atomic mass is 10.1. The van der Waals surface area contributed by atoms with Gasteiger partial charge >= 0.3 is 0 Å². The van der Waals surface area contributed by atoms with E-state index in [9.17, 15) is 0 Å². The van der Waals surface area contributed by atoms with Gasteiger partial charge in [0.25, 0.3) is 0 Å². The van der Waals surface area contributed by atoms with E-state index in [0.29, 0.717) is 0 Å². The van der Waals surface area contributed by atoms with Crippen LogP contribution in [-0.2, 0) is 4.74 Å². The van der Waals surface area contributed by atoms with E-state index in [1.807, 2.05) is 0 Å². The Morgan fingerprint density at radius 3 is 2.10 bits per heavy atom. The monoisotopic (exact) mass is 500 g/mol. The van der Waals surface area contributed by atoms with Crippen LogP contribution in [0.4, 0.5) is 5.00 Å². The van der Waals surface area contributed by atoms with Gasteiger partial charge in [-0.25, -0.2) is 18.6 Å². The highest BCUT2D eigenvalue weighted by Gasteiger charge is 2.25. The zero-order valence-electron chi connectivity index (χ0n) is 15.2. The number of halogens is 2. The van der Waals surface area contributed by atoms with Gasteiger partial charge in [-0.05, 0) is 17.7 Å². The molecule has 0 amide bonds. The highest BCUT2D eigenvalue weighted by Crippen LogP contribution is 2.34. The summed E-state index contributed by atoms with van der Waals surface area (Å²) in [6, 6.07) is 19.1. The van der Waals surface area contributed by atoms with Crippen molar-refractivity contribution in [2.45, 2.75) is 0 Å². The highest BCUT2D eigenvalue weighted by atomic mass is 79.9. The lowest BCUT2D eigenvalue weighted by Crippen LogP contribution is -2.68. The molecule has 154 valence electrons. The largest absolute Gasteiger partial charge is 0.378 e. The molecule has 2 aromatic carbocycles. The average molecular weight is 502 g/mol. The van der Waals surface area contributed by atoms with Gasteiger partial charge in [0.05, 0.1) is 18.8 Å². The van der Waals surface area contributed by atoms with Crippen LogP contribution in [0.2, 0.25) is 0 Å². The predicted octanol–water partition coefficient (Wildman–Crippen LogP) is -0.465. The Bertz CT molecular complexity index is 907. The Labute approximate surface area is 183 Å². The molecular formula is C19H18BrClN2O5S. The molecule has 1 aliphatic heterocycles. The minimum absolute atomic E-state index is 0.796. The van der Waals surface area contributed by atoms with Crippen molar-refractivity contribution >= 4 is 32.5 Å². The van der Waals surface area contributed by atoms with E-state index in [0.717, 1.165) is 30.8 Å². The molecule has 1 fully saturated rings. The van der Waals surface area contributed by atoms with Crippen LogP contribution < -0.4 is 27.5 Å². The zero-order valence-corrected chi connectivity index (χ0v) is 18.4. The van der Waals surface area contributed by atoms with Crippen LogP contribution in [-0.4, -0.2) is 26.3 Å². The first-order valence-electron chi connectivity index (χ1n) is 8.63. The van der Waals surface area contributed by atoms with E-state index in [2.05, 4.69) is 85.6 Å². The maximum absolute atomic E-state index is 8.49. The van der Waals surface area contributed by atoms with E-state index < -0.39 is 10.2 Å². The normalized spacial score (nSPS) is 14.3. The van der Waals surface area contributed by atoms with Gasteiger partial charge in [-0.2, -0.15) is 0 Å². The fraction of sp³-hybridized carbons (Fsp3) is 0.211. The molecule has 0 saturated carbocycles. The minimum atomic E-state index is -4.94. The third-order valence-corrected chi connectivity index (χ3v) is 5.82. The van der Waals surface area contributed by atoms with Crippen molar-refractivity contribution in [1.82, 2.24) is 0 Å². The molecule has 0 N–H and O–H groups in total.